The highest BCUT2D eigenvalue weighted by atomic mass is 28.4. The highest BCUT2D eigenvalue weighted by molar-refractivity contribution is 7.00. The molecule has 0 radical (unpaired) electrons. The Bertz CT molecular complexity index is 2290. The topological polar surface area (TPSA) is 84.8 Å². The number of aliphatic hydroxyl groups is 1. The first-order valence-corrected chi connectivity index (χ1v) is 37.9. The molecular weight excluding hydrogens is 1010 g/mol. The summed E-state index contributed by atoms with van der Waals surface area (Å²) >= 11 is 0. The second-order valence-corrected chi connectivity index (χ2v) is 43.8. The van der Waals surface area contributed by atoms with Crippen molar-refractivity contribution in [1.82, 2.24) is 0 Å². The Labute approximate surface area is 465 Å². The van der Waals surface area contributed by atoms with Crippen molar-refractivity contribution in [3.8, 4) is 0 Å². The Kier molecular flexibility index (Phi) is 22.6. The summed E-state index contributed by atoms with van der Waals surface area (Å²) in [5.41, 5.74) is 0.0896. The van der Waals surface area contributed by atoms with Crippen LogP contribution in [0.5, 0.6) is 0 Å². The fraction of sp³-hybridized carbons (Fsp3) is 0.562. The summed E-state index contributed by atoms with van der Waals surface area (Å²) in [6.07, 6.45) is 4.58. The largest absolute Gasteiger partial charge is 0.411 e. The van der Waals surface area contributed by atoms with Crippen molar-refractivity contribution in [3.63, 3.8) is 0 Å². The molecule has 8 nitrogen and oxygen atoms in total. The van der Waals surface area contributed by atoms with Crippen molar-refractivity contribution in [2.24, 2.45) is 0 Å². The molecule has 6 unspecified atom stereocenters. The van der Waals surface area contributed by atoms with Crippen LogP contribution >= 0.6 is 0 Å². The lowest BCUT2D eigenvalue weighted by molar-refractivity contribution is -0.311. The minimum Gasteiger partial charge on any atom is -0.411 e. The fourth-order valence-electron chi connectivity index (χ4n) is 11.8. The maximum absolute atomic E-state index is 12.0. The number of benzene rings is 4. The van der Waals surface area contributed by atoms with E-state index in [-0.39, 0.29) is 26.8 Å². The van der Waals surface area contributed by atoms with Crippen LogP contribution in [-0.2, 0) is 32.2 Å². The molecule has 1 fully saturated rings. The number of aliphatic hydroxyl groups excluding tert-OH is 1. The van der Waals surface area contributed by atoms with Crippen molar-refractivity contribution in [2.45, 2.75) is 217 Å². The summed E-state index contributed by atoms with van der Waals surface area (Å²) in [5, 5.41) is 16.1. The summed E-state index contributed by atoms with van der Waals surface area (Å²) < 4.78 is 50.5. The molecule has 0 aromatic heterocycles. The van der Waals surface area contributed by atoms with E-state index in [2.05, 4.69) is 256 Å². The summed E-state index contributed by atoms with van der Waals surface area (Å²) in [7, 11) is -7.12. The van der Waals surface area contributed by atoms with Gasteiger partial charge in [-0.1, -0.05) is 254 Å². The van der Waals surface area contributed by atoms with E-state index >= 15 is 0 Å². The van der Waals surface area contributed by atoms with Crippen molar-refractivity contribution in [3.05, 3.63) is 146 Å². The van der Waals surface area contributed by atoms with Crippen molar-refractivity contribution >= 4 is 53.8 Å². The highest BCUT2D eigenvalue weighted by Crippen LogP contribution is 2.46. The number of allylic oxidation sites excluding steroid dienone is 2. The fourth-order valence-corrected chi connectivity index (χ4v) is 27.1. The van der Waals surface area contributed by atoms with Gasteiger partial charge in [-0.25, -0.2) is 0 Å². The van der Waals surface area contributed by atoms with Gasteiger partial charge >= 0.3 is 0 Å². The van der Waals surface area contributed by atoms with Crippen LogP contribution in [0.2, 0.25) is 51.9 Å². The number of hydrogen-bond acceptors (Lipinski definition) is 8. The average molecular weight is 1110 g/mol. The molecule has 0 spiro atoms. The van der Waals surface area contributed by atoms with E-state index < -0.39 is 82.0 Å². The van der Waals surface area contributed by atoms with Gasteiger partial charge < -0.3 is 37.3 Å². The van der Waals surface area contributed by atoms with Crippen molar-refractivity contribution in [1.29, 1.82) is 0 Å². The molecule has 0 saturated carbocycles. The van der Waals surface area contributed by atoms with Gasteiger partial charge in [0.05, 0.1) is 38.6 Å². The third-order valence-electron chi connectivity index (χ3n) is 17.5. The first-order valence-electron chi connectivity index (χ1n) is 28.4. The van der Waals surface area contributed by atoms with Crippen LogP contribution in [-0.4, -0.2) is 107 Å². The van der Waals surface area contributed by atoms with Gasteiger partial charge in [-0.2, -0.15) is 0 Å². The minimum absolute atomic E-state index is 0.0108. The molecule has 420 valence electrons. The Morgan fingerprint density at radius 2 is 0.974 bits per heavy atom. The quantitative estimate of drug-likeness (QED) is 0.0519. The first-order chi connectivity index (χ1) is 35.8. The Hall–Kier alpha value is -3.09. The molecular formula is C64H100O8Si4. The smallest absolute Gasteiger partial charge is 0.262 e. The molecule has 1 aliphatic rings. The highest BCUT2D eigenvalue weighted by Gasteiger charge is 2.58. The molecule has 1 heterocycles. The van der Waals surface area contributed by atoms with Crippen LogP contribution in [0.4, 0.5) is 0 Å². The number of rotatable bonds is 25. The van der Waals surface area contributed by atoms with Crippen LogP contribution in [0.15, 0.2) is 146 Å². The summed E-state index contributed by atoms with van der Waals surface area (Å²) in [6, 6.07) is 46.3. The molecule has 1 N–H and O–H groups in total. The van der Waals surface area contributed by atoms with Crippen molar-refractivity contribution < 1.29 is 37.3 Å². The van der Waals surface area contributed by atoms with E-state index in [9.17, 15) is 5.11 Å². The lowest BCUT2D eigenvalue weighted by Crippen LogP contribution is -2.72. The van der Waals surface area contributed by atoms with Crippen LogP contribution in [0.25, 0.3) is 0 Å². The Morgan fingerprint density at radius 1 is 0.566 bits per heavy atom. The third kappa shape index (κ3) is 13.7. The van der Waals surface area contributed by atoms with Gasteiger partial charge in [-0.3, -0.25) is 0 Å². The van der Waals surface area contributed by atoms with Gasteiger partial charge in [0.15, 0.2) is 14.6 Å². The predicted octanol–water partition coefficient (Wildman–Crippen LogP) is 13.2. The Morgan fingerprint density at radius 3 is 1.34 bits per heavy atom. The van der Waals surface area contributed by atoms with Gasteiger partial charge in [-0.15, -0.1) is 0 Å². The average Bonchev–Trinajstić information content (AvgIpc) is 3.39. The van der Waals surface area contributed by atoms with E-state index in [0.717, 1.165) is 18.1 Å². The van der Waals surface area contributed by atoms with Gasteiger partial charge in [0.2, 0.25) is 0 Å². The maximum atomic E-state index is 12.0. The van der Waals surface area contributed by atoms with Gasteiger partial charge in [0, 0.05) is 19.8 Å². The molecule has 4 aromatic carbocycles. The lowest BCUT2D eigenvalue weighted by atomic mass is 9.99. The molecule has 4 aromatic rings. The minimum atomic E-state index is -3.16. The normalized spacial score (nSPS) is 21.7. The van der Waals surface area contributed by atoms with Crippen LogP contribution in [0, 0.1) is 0 Å². The molecule has 10 atom stereocenters. The third-order valence-corrected chi connectivity index (χ3v) is 38.2. The molecule has 5 rings (SSSR count). The Balaban J connectivity index is 1.69. The molecule has 1 saturated heterocycles. The van der Waals surface area contributed by atoms with Gasteiger partial charge in [0.25, 0.3) is 16.6 Å². The predicted molar refractivity (Wildman–Crippen MR) is 329 cm³/mol. The second-order valence-electron chi connectivity index (χ2n) is 25.0. The van der Waals surface area contributed by atoms with Crippen LogP contribution in [0.3, 0.4) is 0 Å². The van der Waals surface area contributed by atoms with Gasteiger partial charge in [0.1, 0.15) is 18.3 Å². The lowest BCUT2D eigenvalue weighted by Gasteiger charge is -2.51. The van der Waals surface area contributed by atoms with Crippen LogP contribution < -0.4 is 20.7 Å². The molecule has 0 bridgehead atoms. The summed E-state index contributed by atoms with van der Waals surface area (Å²) in [4.78, 5) is 0. The second kappa shape index (κ2) is 26.9. The molecule has 1 aliphatic heterocycles. The van der Waals surface area contributed by atoms with Gasteiger partial charge in [-0.05, 0) is 69.2 Å². The summed E-state index contributed by atoms with van der Waals surface area (Å²) in [5.74, 6) is 0. The van der Waals surface area contributed by atoms with Crippen LogP contribution in [0.1, 0.15) is 110 Å². The number of hydrogen-bond donors (Lipinski definition) is 1. The van der Waals surface area contributed by atoms with E-state index in [1.54, 1.807) is 14.2 Å². The molecule has 0 amide bonds. The zero-order chi connectivity index (χ0) is 56.3. The van der Waals surface area contributed by atoms with Crippen molar-refractivity contribution in [2.75, 3.05) is 14.2 Å². The van der Waals surface area contributed by atoms with E-state index in [1.807, 2.05) is 6.92 Å². The number of methoxy groups -OCH3 is 2. The SMILES string of the molecule is CCC(O)[C@H](O[Si](C)(C)C(C)(C)C)[C@H](/C=C/C=C/[C@H](O[Si](c1ccccc1)(c1ccccc1)C(C)(C)C)[C@H](C)OC1OC(C)C(OC)C(O[Si](c2ccccc2)(c2ccccc2)C(C)(C)C)C1OC)[Si](CC)(CC)CC. The monoisotopic (exact) mass is 1110 g/mol. The molecule has 12 heteroatoms. The number of ether oxygens (including phenoxy) is 4. The van der Waals surface area contributed by atoms with E-state index in [0.29, 0.717) is 6.42 Å². The zero-order valence-electron chi connectivity index (χ0n) is 50.3. The summed E-state index contributed by atoms with van der Waals surface area (Å²) in [6.45, 7) is 38.6. The zero-order valence-corrected chi connectivity index (χ0v) is 54.3. The van der Waals surface area contributed by atoms with E-state index in [1.165, 1.54) is 20.7 Å². The standard InChI is InChI=1S/C64H100O8Si4/c1-20-54(65)58(71-73(18,19)62(7,8)9)56(74(21-2,22-3)23-4)47-37-36-46-55(70-75(63(10,11)12,50-38-28-24-29-39-50)51-40-30-25-31-41-51)48(5)68-61-60(67-17)59(57(66-16)49(6)69-61)72-76(64(13,14)15,52-42-32-26-33-43-52)53-44-34-27-35-45-53/h24-49,54-61,65H,20-23H2,1-19H3/b46-36+,47-37+/t48-,49?,54?,55-,56-,57?,58-,59?,60?,61?/m0/s1. The van der Waals surface area contributed by atoms with E-state index in [4.69, 9.17) is 32.2 Å². The first kappa shape index (κ1) is 63.7. The maximum Gasteiger partial charge on any atom is 0.262 e. The molecule has 76 heavy (non-hydrogen) atoms. The molecule has 0 aliphatic carbocycles.